The molecule has 1 aromatic heterocycles. The summed E-state index contributed by atoms with van der Waals surface area (Å²) in [6.07, 6.45) is 2.87. The molecule has 5 heteroatoms. The average molecular weight is 263 g/mol. The zero-order valence-corrected chi connectivity index (χ0v) is 11.3. The van der Waals surface area contributed by atoms with Gasteiger partial charge in [-0.15, -0.1) is 0 Å². The number of piperidine rings is 1. The van der Waals surface area contributed by atoms with Crippen LogP contribution in [-0.2, 0) is 0 Å². The average Bonchev–Trinajstić information content (AvgIpc) is 2.45. The molecule has 1 amide bonds. The van der Waals surface area contributed by atoms with E-state index in [1.165, 1.54) is 6.07 Å². The van der Waals surface area contributed by atoms with Gasteiger partial charge in [-0.3, -0.25) is 9.59 Å². The SMILES string of the molecule is CCCN(C(=O)c1cccc(=O)[nH]1)C1CCNCC1. The zero-order chi connectivity index (χ0) is 13.7. The maximum atomic E-state index is 12.5. The van der Waals surface area contributed by atoms with Gasteiger partial charge in [-0.25, -0.2) is 0 Å². The molecular weight excluding hydrogens is 242 g/mol. The van der Waals surface area contributed by atoms with Crippen LogP contribution in [0.1, 0.15) is 36.7 Å². The minimum Gasteiger partial charge on any atom is -0.334 e. The largest absolute Gasteiger partial charge is 0.334 e. The molecule has 2 heterocycles. The highest BCUT2D eigenvalue weighted by atomic mass is 16.2. The number of hydrogen-bond acceptors (Lipinski definition) is 3. The number of aromatic amines is 1. The minimum absolute atomic E-state index is 0.0635. The van der Waals surface area contributed by atoms with E-state index < -0.39 is 0 Å². The topological polar surface area (TPSA) is 65.2 Å². The maximum absolute atomic E-state index is 12.5. The summed E-state index contributed by atoms with van der Waals surface area (Å²) in [6.45, 7) is 4.70. The molecule has 2 rings (SSSR count). The minimum atomic E-state index is -0.229. The van der Waals surface area contributed by atoms with Crippen LogP contribution in [0.25, 0.3) is 0 Å². The Bertz CT molecular complexity index is 478. The fourth-order valence-electron chi connectivity index (χ4n) is 2.54. The number of carbonyl (C=O) groups is 1. The molecule has 1 saturated heterocycles. The molecular formula is C14H21N3O2. The molecule has 19 heavy (non-hydrogen) atoms. The number of hydrogen-bond donors (Lipinski definition) is 2. The van der Waals surface area contributed by atoms with Crippen molar-refractivity contribution in [3.63, 3.8) is 0 Å². The summed E-state index contributed by atoms with van der Waals surface area (Å²) in [7, 11) is 0. The third-order valence-corrected chi connectivity index (χ3v) is 3.47. The van der Waals surface area contributed by atoms with E-state index in [9.17, 15) is 9.59 Å². The van der Waals surface area contributed by atoms with E-state index in [0.29, 0.717) is 5.69 Å². The Morgan fingerprint density at radius 3 is 2.74 bits per heavy atom. The molecule has 2 N–H and O–H groups in total. The molecule has 104 valence electrons. The predicted molar refractivity (Wildman–Crippen MR) is 74.3 cm³/mol. The summed E-state index contributed by atoms with van der Waals surface area (Å²) in [5.74, 6) is -0.0635. The first kappa shape index (κ1) is 13.8. The second-order valence-corrected chi connectivity index (χ2v) is 4.91. The fourth-order valence-corrected chi connectivity index (χ4v) is 2.54. The first-order valence-electron chi connectivity index (χ1n) is 6.93. The molecule has 0 aromatic carbocycles. The normalized spacial score (nSPS) is 16.3. The van der Waals surface area contributed by atoms with E-state index in [1.807, 2.05) is 4.90 Å². The summed E-state index contributed by atoms with van der Waals surface area (Å²) in [4.78, 5) is 28.4. The van der Waals surface area contributed by atoms with Crippen molar-refractivity contribution in [1.29, 1.82) is 0 Å². The van der Waals surface area contributed by atoms with Crippen LogP contribution >= 0.6 is 0 Å². The van der Waals surface area contributed by atoms with Crippen LogP contribution in [0.4, 0.5) is 0 Å². The van der Waals surface area contributed by atoms with Gasteiger partial charge >= 0.3 is 0 Å². The maximum Gasteiger partial charge on any atom is 0.270 e. The van der Waals surface area contributed by atoms with E-state index in [1.54, 1.807) is 12.1 Å². The summed E-state index contributed by atoms with van der Waals surface area (Å²) >= 11 is 0. The van der Waals surface area contributed by atoms with E-state index in [2.05, 4.69) is 17.2 Å². The van der Waals surface area contributed by atoms with Gasteiger partial charge in [0.25, 0.3) is 5.91 Å². The third-order valence-electron chi connectivity index (χ3n) is 3.47. The lowest BCUT2D eigenvalue weighted by Gasteiger charge is -2.34. The second kappa shape index (κ2) is 6.52. The molecule has 0 bridgehead atoms. The van der Waals surface area contributed by atoms with Crippen molar-refractivity contribution in [3.05, 3.63) is 34.2 Å². The molecule has 0 aliphatic carbocycles. The summed E-state index contributed by atoms with van der Waals surface area (Å²) in [5.41, 5.74) is 0.159. The summed E-state index contributed by atoms with van der Waals surface area (Å²) in [5, 5.41) is 3.30. The van der Waals surface area contributed by atoms with Gasteiger partial charge in [0.05, 0.1) is 0 Å². The van der Waals surface area contributed by atoms with Crippen molar-refractivity contribution < 1.29 is 4.79 Å². The Morgan fingerprint density at radius 1 is 1.37 bits per heavy atom. The Kier molecular flexibility index (Phi) is 4.74. The van der Waals surface area contributed by atoms with Crippen LogP contribution in [0.2, 0.25) is 0 Å². The summed E-state index contributed by atoms with van der Waals surface area (Å²) in [6, 6.07) is 5.00. The van der Waals surface area contributed by atoms with Crippen molar-refractivity contribution in [1.82, 2.24) is 15.2 Å². The van der Waals surface area contributed by atoms with Crippen LogP contribution in [0.3, 0.4) is 0 Å². The molecule has 0 radical (unpaired) electrons. The quantitative estimate of drug-likeness (QED) is 0.851. The highest BCUT2D eigenvalue weighted by Crippen LogP contribution is 2.15. The molecule has 1 aliphatic heterocycles. The van der Waals surface area contributed by atoms with Gasteiger partial charge in [0, 0.05) is 18.7 Å². The Morgan fingerprint density at radius 2 is 2.11 bits per heavy atom. The molecule has 1 aromatic rings. The number of H-pyrrole nitrogens is 1. The fraction of sp³-hybridized carbons (Fsp3) is 0.571. The standard InChI is InChI=1S/C14H21N3O2/c1-2-10-17(11-6-8-15-9-7-11)14(19)12-4-3-5-13(18)16-12/h3-5,11,15H,2,6-10H2,1H3,(H,16,18). The number of carbonyl (C=O) groups excluding carboxylic acids is 1. The number of rotatable bonds is 4. The lowest BCUT2D eigenvalue weighted by Crippen LogP contribution is -2.46. The van der Waals surface area contributed by atoms with E-state index >= 15 is 0 Å². The number of amides is 1. The molecule has 0 saturated carbocycles. The molecule has 5 nitrogen and oxygen atoms in total. The van der Waals surface area contributed by atoms with Gasteiger partial charge in [-0.05, 0) is 38.4 Å². The number of nitrogens with zero attached hydrogens (tertiary/aromatic N) is 1. The van der Waals surface area contributed by atoms with E-state index in [4.69, 9.17) is 0 Å². The highest BCUT2D eigenvalue weighted by Gasteiger charge is 2.25. The van der Waals surface area contributed by atoms with Crippen molar-refractivity contribution in [2.24, 2.45) is 0 Å². The van der Waals surface area contributed by atoms with Gasteiger partial charge in [0.15, 0.2) is 0 Å². The van der Waals surface area contributed by atoms with Crippen molar-refractivity contribution in [2.45, 2.75) is 32.2 Å². The van der Waals surface area contributed by atoms with Crippen molar-refractivity contribution >= 4 is 5.91 Å². The van der Waals surface area contributed by atoms with Crippen molar-refractivity contribution in [3.8, 4) is 0 Å². The van der Waals surface area contributed by atoms with Gasteiger partial charge in [0.2, 0.25) is 5.56 Å². The van der Waals surface area contributed by atoms with Gasteiger partial charge in [-0.2, -0.15) is 0 Å². The van der Waals surface area contributed by atoms with Crippen LogP contribution in [0, 0.1) is 0 Å². The molecule has 1 aliphatic rings. The second-order valence-electron chi connectivity index (χ2n) is 4.91. The van der Waals surface area contributed by atoms with Gasteiger partial charge in [-0.1, -0.05) is 13.0 Å². The molecule has 1 fully saturated rings. The van der Waals surface area contributed by atoms with Crippen LogP contribution < -0.4 is 10.9 Å². The van der Waals surface area contributed by atoms with Crippen LogP contribution in [0.5, 0.6) is 0 Å². The van der Waals surface area contributed by atoms with Crippen LogP contribution in [-0.4, -0.2) is 41.5 Å². The first-order chi connectivity index (χ1) is 9.22. The number of aromatic nitrogens is 1. The predicted octanol–water partition coefficient (Wildman–Crippen LogP) is 0.979. The lowest BCUT2D eigenvalue weighted by molar-refractivity contribution is 0.0636. The Hall–Kier alpha value is -1.62. The summed E-state index contributed by atoms with van der Waals surface area (Å²) < 4.78 is 0. The van der Waals surface area contributed by atoms with Gasteiger partial charge in [0.1, 0.15) is 5.69 Å². The van der Waals surface area contributed by atoms with Gasteiger partial charge < -0.3 is 15.2 Å². The lowest BCUT2D eigenvalue weighted by atomic mass is 10.0. The van der Waals surface area contributed by atoms with E-state index in [0.717, 1.165) is 38.9 Å². The van der Waals surface area contributed by atoms with Crippen molar-refractivity contribution in [2.75, 3.05) is 19.6 Å². The number of pyridine rings is 1. The molecule has 0 atom stereocenters. The molecule has 0 unspecified atom stereocenters. The van der Waals surface area contributed by atoms with E-state index in [-0.39, 0.29) is 17.5 Å². The Labute approximate surface area is 113 Å². The highest BCUT2D eigenvalue weighted by molar-refractivity contribution is 5.92. The molecule has 0 spiro atoms. The smallest absolute Gasteiger partial charge is 0.270 e. The zero-order valence-electron chi connectivity index (χ0n) is 11.3. The third kappa shape index (κ3) is 3.44. The Balaban J connectivity index is 2.17. The van der Waals surface area contributed by atoms with Crippen LogP contribution in [0.15, 0.2) is 23.0 Å². The first-order valence-corrected chi connectivity index (χ1v) is 6.93. The number of nitrogens with one attached hydrogen (secondary N) is 2. The monoisotopic (exact) mass is 263 g/mol.